The minimum Gasteiger partial charge on any atom is -0.463 e. The predicted octanol–water partition coefficient (Wildman–Crippen LogP) is 3.87. The van der Waals surface area contributed by atoms with E-state index in [9.17, 15) is 9.59 Å². The van der Waals surface area contributed by atoms with Crippen molar-refractivity contribution in [2.24, 2.45) is 5.92 Å². The van der Waals surface area contributed by atoms with Gasteiger partial charge in [-0.2, -0.15) is 0 Å². The van der Waals surface area contributed by atoms with Crippen LogP contribution in [0, 0.1) is 5.92 Å². The molecule has 172 valence electrons. The van der Waals surface area contributed by atoms with Gasteiger partial charge in [-0.1, -0.05) is 12.1 Å². The highest BCUT2D eigenvalue weighted by Crippen LogP contribution is 2.22. The molecule has 2 heterocycles. The lowest BCUT2D eigenvalue weighted by Gasteiger charge is -2.33. The Morgan fingerprint density at radius 1 is 1.03 bits per heavy atom. The van der Waals surface area contributed by atoms with Gasteiger partial charge in [-0.15, -0.1) is 0 Å². The average Bonchev–Trinajstić information content (AvgIpc) is 2.77. The molecule has 1 saturated heterocycles. The van der Waals surface area contributed by atoms with E-state index in [0.717, 1.165) is 24.0 Å². The van der Waals surface area contributed by atoms with Crippen LogP contribution in [-0.2, 0) is 4.74 Å². The van der Waals surface area contributed by atoms with E-state index < -0.39 is 5.60 Å². The van der Waals surface area contributed by atoms with Gasteiger partial charge in [0, 0.05) is 50.7 Å². The molecule has 2 amide bonds. The number of rotatable bonds is 5. The van der Waals surface area contributed by atoms with Crippen LogP contribution in [0.15, 0.2) is 36.7 Å². The molecule has 1 aromatic heterocycles. The number of carbonyl (C=O) groups excluding carboxylic acids is 2. The Kier molecular flexibility index (Phi) is 7.33. The Labute approximate surface area is 189 Å². The molecule has 0 aliphatic carbocycles. The van der Waals surface area contributed by atoms with Gasteiger partial charge in [-0.3, -0.25) is 4.79 Å². The summed E-state index contributed by atoms with van der Waals surface area (Å²) in [7, 11) is 3.46. The zero-order valence-corrected chi connectivity index (χ0v) is 19.5. The second kappa shape index (κ2) is 9.97. The average molecular weight is 441 g/mol. The number of aromatic nitrogens is 2. The molecule has 8 heteroatoms. The molecule has 0 N–H and O–H groups in total. The van der Waals surface area contributed by atoms with E-state index in [-0.39, 0.29) is 12.0 Å². The van der Waals surface area contributed by atoms with Crippen LogP contribution >= 0.6 is 0 Å². The molecule has 8 nitrogen and oxygen atoms in total. The predicted molar refractivity (Wildman–Crippen MR) is 122 cm³/mol. The molecule has 2 aromatic rings. The quantitative estimate of drug-likeness (QED) is 0.702. The topological polar surface area (TPSA) is 84.9 Å². The van der Waals surface area contributed by atoms with E-state index in [0.29, 0.717) is 37.2 Å². The lowest BCUT2D eigenvalue weighted by molar-refractivity contribution is 0.0163. The van der Waals surface area contributed by atoms with Crippen molar-refractivity contribution >= 4 is 12.0 Å². The molecule has 0 radical (unpaired) electrons. The summed E-state index contributed by atoms with van der Waals surface area (Å²) in [5.41, 5.74) is 1.94. The fourth-order valence-electron chi connectivity index (χ4n) is 3.40. The van der Waals surface area contributed by atoms with Gasteiger partial charge in [0.25, 0.3) is 5.91 Å². The van der Waals surface area contributed by atoms with Crippen LogP contribution in [0.4, 0.5) is 4.79 Å². The highest BCUT2D eigenvalue weighted by atomic mass is 16.6. The summed E-state index contributed by atoms with van der Waals surface area (Å²) in [5.74, 6) is 0.312. The number of amides is 2. The van der Waals surface area contributed by atoms with Gasteiger partial charge >= 0.3 is 12.1 Å². The number of hydrogen-bond acceptors (Lipinski definition) is 6. The first-order chi connectivity index (χ1) is 15.1. The lowest BCUT2D eigenvalue weighted by Crippen LogP contribution is -2.42. The molecule has 0 saturated carbocycles. The summed E-state index contributed by atoms with van der Waals surface area (Å²) < 4.78 is 11.2. The van der Waals surface area contributed by atoms with E-state index in [1.54, 1.807) is 48.4 Å². The SMILES string of the molecule is CN(C)C(=O)c1ccc(-c2cnc(OCC3CCN(C(=O)OC(C)(C)C)CC3)nc2)cc1. The molecule has 1 aliphatic rings. The Bertz CT molecular complexity index is 913. The molecule has 0 unspecified atom stereocenters. The summed E-state index contributed by atoms with van der Waals surface area (Å²) in [6.07, 6.45) is 4.90. The van der Waals surface area contributed by atoms with Crippen LogP contribution in [0.25, 0.3) is 11.1 Å². The second-order valence-electron chi connectivity index (χ2n) is 9.25. The highest BCUT2D eigenvalue weighted by Gasteiger charge is 2.27. The van der Waals surface area contributed by atoms with Crippen molar-refractivity contribution in [3.63, 3.8) is 0 Å². The third kappa shape index (κ3) is 6.42. The number of nitrogens with zero attached hydrogens (tertiary/aromatic N) is 4. The molecule has 0 bridgehead atoms. The third-order valence-electron chi connectivity index (χ3n) is 5.21. The Morgan fingerprint density at radius 2 is 1.62 bits per heavy atom. The van der Waals surface area contributed by atoms with Gasteiger partial charge < -0.3 is 19.3 Å². The number of ether oxygens (including phenoxy) is 2. The summed E-state index contributed by atoms with van der Waals surface area (Å²) >= 11 is 0. The molecule has 3 rings (SSSR count). The van der Waals surface area contributed by atoms with Crippen molar-refractivity contribution in [1.82, 2.24) is 19.8 Å². The van der Waals surface area contributed by atoms with Gasteiger partial charge in [0.1, 0.15) is 5.60 Å². The van der Waals surface area contributed by atoms with Crippen LogP contribution in [0.1, 0.15) is 44.0 Å². The fourth-order valence-corrected chi connectivity index (χ4v) is 3.40. The van der Waals surface area contributed by atoms with Crippen molar-refractivity contribution in [2.75, 3.05) is 33.8 Å². The van der Waals surface area contributed by atoms with E-state index in [2.05, 4.69) is 9.97 Å². The molecule has 1 aromatic carbocycles. The van der Waals surface area contributed by atoms with Gasteiger partial charge in [0.05, 0.1) is 6.61 Å². The van der Waals surface area contributed by atoms with E-state index >= 15 is 0 Å². The van der Waals surface area contributed by atoms with E-state index in [1.807, 2.05) is 32.9 Å². The van der Waals surface area contributed by atoms with Crippen LogP contribution < -0.4 is 4.74 Å². The monoisotopic (exact) mass is 440 g/mol. The lowest BCUT2D eigenvalue weighted by atomic mass is 9.98. The fraction of sp³-hybridized carbons (Fsp3) is 0.500. The van der Waals surface area contributed by atoms with Crippen molar-refractivity contribution in [1.29, 1.82) is 0 Å². The first-order valence-electron chi connectivity index (χ1n) is 10.9. The zero-order chi connectivity index (χ0) is 23.3. The van der Waals surface area contributed by atoms with Gasteiger partial charge in [0.2, 0.25) is 0 Å². The number of benzene rings is 1. The molecular weight excluding hydrogens is 408 g/mol. The Morgan fingerprint density at radius 3 is 2.16 bits per heavy atom. The van der Waals surface area contributed by atoms with Crippen molar-refractivity contribution in [3.05, 3.63) is 42.2 Å². The Balaban J connectivity index is 1.48. The number of piperidine rings is 1. The minimum atomic E-state index is -0.480. The zero-order valence-electron chi connectivity index (χ0n) is 19.5. The van der Waals surface area contributed by atoms with Crippen LogP contribution in [0.2, 0.25) is 0 Å². The molecule has 0 spiro atoms. The maximum absolute atomic E-state index is 12.2. The molecule has 1 fully saturated rings. The summed E-state index contributed by atoms with van der Waals surface area (Å²) in [4.78, 5) is 36.1. The minimum absolute atomic E-state index is 0.0338. The Hall–Kier alpha value is -3.16. The highest BCUT2D eigenvalue weighted by molar-refractivity contribution is 5.94. The van der Waals surface area contributed by atoms with Crippen molar-refractivity contribution < 1.29 is 19.1 Å². The third-order valence-corrected chi connectivity index (χ3v) is 5.21. The van der Waals surface area contributed by atoms with Crippen molar-refractivity contribution in [2.45, 2.75) is 39.2 Å². The van der Waals surface area contributed by atoms with E-state index in [1.165, 1.54) is 0 Å². The standard InChI is InChI=1S/C24H32N4O4/c1-24(2,3)32-23(30)28-12-10-17(11-13-28)16-31-22-25-14-20(15-26-22)18-6-8-19(9-7-18)21(29)27(4)5/h6-9,14-15,17H,10-13,16H2,1-5H3. The summed E-state index contributed by atoms with van der Waals surface area (Å²) in [5, 5.41) is 0. The summed E-state index contributed by atoms with van der Waals surface area (Å²) in [6, 6.07) is 7.70. The van der Waals surface area contributed by atoms with Crippen LogP contribution in [0.3, 0.4) is 0 Å². The van der Waals surface area contributed by atoms with Crippen LogP contribution in [-0.4, -0.2) is 71.2 Å². The number of carbonyl (C=O) groups is 2. The first-order valence-corrected chi connectivity index (χ1v) is 10.9. The first kappa shape index (κ1) is 23.5. The number of likely N-dealkylation sites (tertiary alicyclic amines) is 1. The normalized spacial score (nSPS) is 14.7. The second-order valence-corrected chi connectivity index (χ2v) is 9.25. The smallest absolute Gasteiger partial charge is 0.410 e. The van der Waals surface area contributed by atoms with Gasteiger partial charge in [-0.05, 0) is 57.2 Å². The maximum Gasteiger partial charge on any atom is 0.410 e. The van der Waals surface area contributed by atoms with Crippen LogP contribution in [0.5, 0.6) is 6.01 Å². The molecule has 1 aliphatic heterocycles. The van der Waals surface area contributed by atoms with E-state index in [4.69, 9.17) is 9.47 Å². The summed E-state index contributed by atoms with van der Waals surface area (Å²) in [6.45, 7) is 7.46. The number of hydrogen-bond donors (Lipinski definition) is 0. The van der Waals surface area contributed by atoms with Gasteiger partial charge in [-0.25, -0.2) is 14.8 Å². The van der Waals surface area contributed by atoms with Crippen molar-refractivity contribution in [3.8, 4) is 17.1 Å². The largest absolute Gasteiger partial charge is 0.463 e. The molecule has 0 atom stereocenters. The molecular formula is C24H32N4O4. The maximum atomic E-state index is 12.2. The van der Waals surface area contributed by atoms with Gasteiger partial charge in [0.15, 0.2) is 0 Å². The molecule has 32 heavy (non-hydrogen) atoms.